The van der Waals surface area contributed by atoms with Crippen molar-refractivity contribution in [3.63, 3.8) is 0 Å². The van der Waals surface area contributed by atoms with Crippen LogP contribution in [0, 0.1) is 12.7 Å². The molecular formula is C22H19ClFN5O2. The number of hydrogen-bond donors (Lipinski definition) is 1. The van der Waals surface area contributed by atoms with Gasteiger partial charge in [-0.15, -0.1) is 0 Å². The van der Waals surface area contributed by atoms with E-state index in [0.29, 0.717) is 24.1 Å². The van der Waals surface area contributed by atoms with Gasteiger partial charge in [-0.3, -0.25) is 14.2 Å². The summed E-state index contributed by atoms with van der Waals surface area (Å²) in [5.41, 5.74) is 2.58. The molecule has 0 saturated heterocycles. The van der Waals surface area contributed by atoms with Crippen molar-refractivity contribution in [2.75, 3.05) is 6.54 Å². The number of halogens is 2. The molecule has 9 heteroatoms. The second-order valence-corrected chi connectivity index (χ2v) is 7.56. The Morgan fingerprint density at radius 1 is 1.23 bits per heavy atom. The van der Waals surface area contributed by atoms with Gasteiger partial charge < -0.3 is 5.32 Å². The standard InChI is InChI=1S/C22H19ClFN5O2/c1-14-3-2-4-15(9-14)12-28-13-26-20-18(22(28)31)11-27-29(20)8-7-25-21(30)17-6-5-16(24)10-19(17)23/h2-6,9-11,13H,7-8,12H2,1H3,(H,25,30). The maximum atomic E-state index is 13.1. The van der Waals surface area contributed by atoms with Gasteiger partial charge in [-0.2, -0.15) is 5.10 Å². The molecule has 2 heterocycles. The van der Waals surface area contributed by atoms with E-state index in [0.717, 1.165) is 17.2 Å². The maximum Gasteiger partial charge on any atom is 0.264 e. The summed E-state index contributed by atoms with van der Waals surface area (Å²) >= 11 is 5.91. The van der Waals surface area contributed by atoms with Gasteiger partial charge in [0.25, 0.3) is 11.5 Å². The van der Waals surface area contributed by atoms with Crippen molar-refractivity contribution in [2.24, 2.45) is 0 Å². The highest BCUT2D eigenvalue weighted by atomic mass is 35.5. The molecule has 2 aromatic carbocycles. The number of hydrogen-bond acceptors (Lipinski definition) is 4. The molecule has 0 aliphatic carbocycles. The topological polar surface area (TPSA) is 81.8 Å². The van der Waals surface area contributed by atoms with E-state index in [9.17, 15) is 14.0 Å². The lowest BCUT2D eigenvalue weighted by Gasteiger charge is -2.08. The molecule has 0 radical (unpaired) electrons. The highest BCUT2D eigenvalue weighted by Gasteiger charge is 2.13. The monoisotopic (exact) mass is 439 g/mol. The van der Waals surface area contributed by atoms with E-state index in [2.05, 4.69) is 15.4 Å². The number of benzene rings is 2. The lowest BCUT2D eigenvalue weighted by Crippen LogP contribution is -2.28. The average molecular weight is 440 g/mol. The van der Waals surface area contributed by atoms with Gasteiger partial charge in [0.2, 0.25) is 0 Å². The molecule has 0 unspecified atom stereocenters. The van der Waals surface area contributed by atoms with Crippen LogP contribution in [-0.4, -0.2) is 31.8 Å². The first-order valence-electron chi connectivity index (χ1n) is 9.62. The Labute approximate surface area is 182 Å². The van der Waals surface area contributed by atoms with E-state index in [1.807, 2.05) is 31.2 Å². The maximum absolute atomic E-state index is 13.1. The molecule has 0 fully saturated rings. The van der Waals surface area contributed by atoms with Crippen LogP contribution in [0.2, 0.25) is 5.02 Å². The molecule has 0 saturated carbocycles. The van der Waals surface area contributed by atoms with Crippen molar-refractivity contribution in [2.45, 2.75) is 20.0 Å². The van der Waals surface area contributed by atoms with Gasteiger partial charge in [-0.05, 0) is 30.7 Å². The largest absolute Gasteiger partial charge is 0.350 e. The van der Waals surface area contributed by atoms with Crippen molar-refractivity contribution in [3.05, 3.63) is 92.9 Å². The minimum atomic E-state index is -0.510. The summed E-state index contributed by atoms with van der Waals surface area (Å²) in [5, 5.41) is 7.38. The molecule has 0 aliphatic heterocycles. The molecule has 0 bridgehead atoms. The molecular weight excluding hydrogens is 421 g/mol. The zero-order valence-corrected chi connectivity index (χ0v) is 17.4. The lowest BCUT2D eigenvalue weighted by molar-refractivity contribution is 0.0952. The second-order valence-electron chi connectivity index (χ2n) is 7.15. The van der Waals surface area contributed by atoms with E-state index < -0.39 is 11.7 Å². The first kappa shape index (κ1) is 20.7. The number of carbonyl (C=O) groups excluding carboxylic acids is 1. The zero-order chi connectivity index (χ0) is 22.0. The third-order valence-electron chi connectivity index (χ3n) is 4.84. The molecule has 2 aromatic heterocycles. The Hall–Kier alpha value is -3.52. The van der Waals surface area contributed by atoms with Crippen LogP contribution in [0.15, 0.2) is 59.8 Å². The SMILES string of the molecule is Cc1cccc(Cn2cnc3c(cnn3CCNC(=O)c3ccc(F)cc3Cl)c2=O)c1. The van der Waals surface area contributed by atoms with E-state index >= 15 is 0 Å². The molecule has 1 N–H and O–H groups in total. The predicted octanol–water partition coefficient (Wildman–Crippen LogP) is 3.17. The molecule has 1 amide bonds. The molecule has 4 rings (SSSR count). The minimum Gasteiger partial charge on any atom is -0.350 e. The molecule has 7 nitrogen and oxygen atoms in total. The summed E-state index contributed by atoms with van der Waals surface area (Å²) in [4.78, 5) is 29.5. The fraction of sp³-hybridized carbons (Fsp3) is 0.182. The Bertz CT molecular complexity index is 1330. The Morgan fingerprint density at radius 2 is 2.06 bits per heavy atom. The van der Waals surface area contributed by atoms with Crippen molar-refractivity contribution < 1.29 is 9.18 Å². The molecule has 0 spiro atoms. The fourth-order valence-electron chi connectivity index (χ4n) is 3.33. The number of fused-ring (bicyclic) bond motifs is 1. The average Bonchev–Trinajstić information content (AvgIpc) is 3.14. The first-order valence-corrected chi connectivity index (χ1v) is 10.00. The minimum absolute atomic E-state index is 0.0397. The van der Waals surface area contributed by atoms with Gasteiger partial charge in [-0.25, -0.2) is 14.1 Å². The van der Waals surface area contributed by atoms with E-state index in [1.54, 1.807) is 9.25 Å². The summed E-state index contributed by atoms with van der Waals surface area (Å²) < 4.78 is 16.2. The number of nitrogens with zero attached hydrogens (tertiary/aromatic N) is 4. The van der Waals surface area contributed by atoms with Crippen LogP contribution < -0.4 is 10.9 Å². The van der Waals surface area contributed by atoms with Gasteiger partial charge in [0.1, 0.15) is 17.5 Å². The Balaban J connectivity index is 1.46. The van der Waals surface area contributed by atoms with Crippen LogP contribution in [0.3, 0.4) is 0 Å². The van der Waals surface area contributed by atoms with Crippen molar-refractivity contribution in [3.8, 4) is 0 Å². The van der Waals surface area contributed by atoms with E-state index in [1.165, 1.54) is 24.7 Å². The number of amides is 1. The summed E-state index contributed by atoms with van der Waals surface area (Å²) in [6, 6.07) is 11.5. The quantitative estimate of drug-likeness (QED) is 0.500. The van der Waals surface area contributed by atoms with Crippen molar-refractivity contribution >= 4 is 28.5 Å². The van der Waals surface area contributed by atoms with Crippen LogP contribution in [0.5, 0.6) is 0 Å². The summed E-state index contributed by atoms with van der Waals surface area (Å²) in [5.74, 6) is -0.932. The van der Waals surface area contributed by atoms with E-state index in [4.69, 9.17) is 11.6 Å². The van der Waals surface area contributed by atoms with Crippen LogP contribution in [0.25, 0.3) is 11.0 Å². The third kappa shape index (κ3) is 4.49. The summed E-state index contributed by atoms with van der Waals surface area (Å²) in [7, 11) is 0. The van der Waals surface area contributed by atoms with Crippen LogP contribution in [-0.2, 0) is 13.1 Å². The number of carbonyl (C=O) groups is 1. The van der Waals surface area contributed by atoms with Crippen LogP contribution in [0.1, 0.15) is 21.5 Å². The van der Waals surface area contributed by atoms with Crippen LogP contribution in [0.4, 0.5) is 4.39 Å². The number of aryl methyl sites for hydroxylation is 1. The highest BCUT2D eigenvalue weighted by Crippen LogP contribution is 2.17. The van der Waals surface area contributed by atoms with E-state index in [-0.39, 0.29) is 22.7 Å². The summed E-state index contributed by atoms with van der Waals surface area (Å²) in [6.45, 7) is 2.96. The smallest absolute Gasteiger partial charge is 0.264 e. The highest BCUT2D eigenvalue weighted by molar-refractivity contribution is 6.33. The zero-order valence-electron chi connectivity index (χ0n) is 16.7. The fourth-order valence-corrected chi connectivity index (χ4v) is 3.58. The van der Waals surface area contributed by atoms with Crippen LogP contribution >= 0.6 is 11.6 Å². The van der Waals surface area contributed by atoms with Crippen molar-refractivity contribution in [1.82, 2.24) is 24.6 Å². The molecule has 0 atom stereocenters. The lowest BCUT2D eigenvalue weighted by atomic mass is 10.1. The van der Waals surface area contributed by atoms with Crippen molar-refractivity contribution in [1.29, 1.82) is 0 Å². The molecule has 158 valence electrons. The summed E-state index contributed by atoms with van der Waals surface area (Å²) in [6.07, 6.45) is 2.98. The van der Waals surface area contributed by atoms with Gasteiger partial charge in [-0.1, -0.05) is 41.4 Å². The number of aromatic nitrogens is 4. The number of nitrogens with one attached hydrogen (secondary N) is 1. The molecule has 4 aromatic rings. The number of rotatable bonds is 6. The van der Waals surface area contributed by atoms with Gasteiger partial charge >= 0.3 is 0 Å². The molecule has 0 aliphatic rings. The van der Waals surface area contributed by atoms with Gasteiger partial charge in [0.15, 0.2) is 5.65 Å². The van der Waals surface area contributed by atoms with Gasteiger partial charge in [0, 0.05) is 6.54 Å². The normalized spacial score (nSPS) is 11.1. The van der Waals surface area contributed by atoms with Gasteiger partial charge in [0.05, 0.1) is 29.9 Å². The second kappa shape index (κ2) is 8.69. The third-order valence-corrected chi connectivity index (χ3v) is 5.16. The Morgan fingerprint density at radius 3 is 2.84 bits per heavy atom. The first-order chi connectivity index (χ1) is 14.9. The Kier molecular flexibility index (Phi) is 5.81. The molecule has 31 heavy (non-hydrogen) atoms. The predicted molar refractivity (Wildman–Crippen MR) is 116 cm³/mol.